The molecule has 0 unspecified atom stereocenters. The van der Waals surface area contributed by atoms with Crippen LogP contribution in [0.2, 0.25) is 0 Å². The van der Waals surface area contributed by atoms with Crippen LogP contribution in [0.25, 0.3) is 5.57 Å². The van der Waals surface area contributed by atoms with Gasteiger partial charge in [-0.1, -0.05) is 18.7 Å². The predicted octanol–water partition coefficient (Wildman–Crippen LogP) is -0.326. The predicted molar refractivity (Wildman–Crippen MR) is 90.9 cm³/mol. The first-order valence-electron chi connectivity index (χ1n) is 7.46. The van der Waals surface area contributed by atoms with Crippen LogP contribution in [0.1, 0.15) is 12.0 Å². The molecule has 1 aromatic carbocycles. The van der Waals surface area contributed by atoms with E-state index >= 15 is 0 Å². The van der Waals surface area contributed by atoms with Gasteiger partial charge >= 0.3 is 0 Å². The molecule has 0 saturated heterocycles. The van der Waals surface area contributed by atoms with Crippen molar-refractivity contribution in [1.29, 1.82) is 0 Å². The number of aromatic nitrogens is 2. The van der Waals surface area contributed by atoms with Gasteiger partial charge in [0.1, 0.15) is 6.61 Å². The van der Waals surface area contributed by atoms with Gasteiger partial charge in [0.15, 0.2) is 17.0 Å². The number of hydrogen-bond donors (Lipinski definition) is 2. The minimum atomic E-state index is -0.445. The molecule has 3 rings (SSSR count). The maximum Gasteiger partial charge on any atom is 0.262 e. The Hall–Kier alpha value is -3.42. The average molecular weight is 340 g/mol. The van der Waals surface area contributed by atoms with Crippen LogP contribution < -0.4 is 31.5 Å². The number of H-pyrrole nitrogens is 1. The third kappa shape index (κ3) is 3.14. The Morgan fingerprint density at radius 2 is 2.16 bits per heavy atom. The summed E-state index contributed by atoms with van der Waals surface area (Å²) in [5.41, 5.74) is 6.27. The number of nitrogen functional groups attached to an aromatic ring is 1. The Bertz CT molecular complexity index is 1040. The Morgan fingerprint density at radius 1 is 1.36 bits per heavy atom. The van der Waals surface area contributed by atoms with Gasteiger partial charge in [0.05, 0.1) is 18.7 Å². The smallest absolute Gasteiger partial charge is 0.262 e. The molecule has 0 aliphatic carbocycles. The number of amides is 1. The maximum atomic E-state index is 12.3. The molecule has 2 heterocycles. The lowest BCUT2D eigenvalue weighted by atomic mass is 9.98. The lowest BCUT2D eigenvalue weighted by Gasteiger charge is -2.14. The van der Waals surface area contributed by atoms with E-state index in [1.165, 1.54) is 7.11 Å². The van der Waals surface area contributed by atoms with Crippen molar-refractivity contribution >= 4 is 17.4 Å². The van der Waals surface area contributed by atoms with Gasteiger partial charge in [-0.15, -0.1) is 0 Å². The standard InChI is InChI=1S/C17H16N4O4/c1-3-6-25-11-5-4-9(7-12(11)24-2)10-8-13(22)19-15-14(10)16(23)21-17(18)20-15/h3-5,7H,1,6,8H2,2H3,(H3,18,19,20,21,22,23). The molecule has 1 aromatic heterocycles. The zero-order valence-electron chi connectivity index (χ0n) is 13.5. The number of fused-ring (bicyclic) bond motifs is 1. The molecule has 0 fully saturated rings. The summed E-state index contributed by atoms with van der Waals surface area (Å²) in [5, 5.41) is 0.232. The van der Waals surface area contributed by atoms with Gasteiger partial charge in [0.2, 0.25) is 5.95 Å². The van der Waals surface area contributed by atoms with E-state index in [2.05, 4.69) is 21.5 Å². The third-order valence-electron chi connectivity index (χ3n) is 3.65. The highest BCUT2D eigenvalue weighted by Crippen LogP contribution is 2.31. The molecule has 25 heavy (non-hydrogen) atoms. The lowest BCUT2D eigenvalue weighted by Crippen LogP contribution is -2.48. The summed E-state index contributed by atoms with van der Waals surface area (Å²) >= 11 is 0. The van der Waals surface area contributed by atoms with Gasteiger partial charge < -0.3 is 15.2 Å². The number of anilines is 1. The SMILES string of the molecule is C=CCOc1ccc(C2=c3c(nc(N)[nH]c3=O)=NC(=O)C2)cc1OC. The quantitative estimate of drug-likeness (QED) is 0.720. The van der Waals surface area contributed by atoms with Crippen LogP contribution in [0.3, 0.4) is 0 Å². The van der Waals surface area contributed by atoms with Gasteiger partial charge in [-0.3, -0.25) is 14.6 Å². The van der Waals surface area contributed by atoms with E-state index in [1.807, 2.05) is 0 Å². The summed E-state index contributed by atoms with van der Waals surface area (Å²) in [7, 11) is 1.51. The number of nitrogens with one attached hydrogen (secondary N) is 1. The van der Waals surface area contributed by atoms with Crippen molar-refractivity contribution in [3.8, 4) is 11.5 Å². The molecule has 3 N–H and O–H groups in total. The Morgan fingerprint density at radius 3 is 2.88 bits per heavy atom. The van der Waals surface area contributed by atoms with Crippen molar-refractivity contribution in [3.63, 3.8) is 0 Å². The topological polar surface area (TPSA) is 120 Å². The first kappa shape index (κ1) is 16.4. The first-order chi connectivity index (χ1) is 12.0. The minimum Gasteiger partial charge on any atom is -0.493 e. The van der Waals surface area contributed by atoms with E-state index in [4.69, 9.17) is 15.2 Å². The van der Waals surface area contributed by atoms with Gasteiger partial charge in [0.25, 0.3) is 11.5 Å². The minimum absolute atomic E-state index is 0.0162. The molecule has 1 aliphatic heterocycles. The van der Waals surface area contributed by atoms with E-state index < -0.39 is 11.5 Å². The van der Waals surface area contributed by atoms with E-state index in [1.54, 1.807) is 24.3 Å². The monoisotopic (exact) mass is 340 g/mol. The van der Waals surface area contributed by atoms with Gasteiger partial charge in [-0.25, -0.2) is 0 Å². The molecule has 0 saturated carbocycles. The highest BCUT2D eigenvalue weighted by Gasteiger charge is 2.19. The number of carbonyl (C=O) groups excluding carboxylic acids is 1. The van der Waals surface area contributed by atoms with Crippen molar-refractivity contribution < 1.29 is 14.3 Å². The second-order valence-corrected chi connectivity index (χ2v) is 5.28. The molecule has 1 aliphatic rings. The van der Waals surface area contributed by atoms with Gasteiger partial charge in [0, 0.05) is 0 Å². The van der Waals surface area contributed by atoms with E-state index in [0.717, 1.165) is 0 Å². The van der Waals surface area contributed by atoms with Crippen molar-refractivity contribution in [3.05, 3.63) is 57.5 Å². The van der Waals surface area contributed by atoms with Crippen LogP contribution in [0.4, 0.5) is 5.95 Å². The number of ether oxygens (including phenoxy) is 2. The Labute approximate surface area is 142 Å². The van der Waals surface area contributed by atoms with Crippen LogP contribution in [-0.4, -0.2) is 29.6 Å². The van der Waals surface area contributed by atoms with Crippen molar-refractivity contribution in [1.82, 2.24) is 9.97 Å². The van der Waals surface area contributed by atoms with E-state index in [0.29, 0.717) is 29.2 Å². The Kier molecular flexibility index (Phi) is 4.34. The number of carbonyl (C=O) groups is 1. The average Bonchev–Trinajstić information content (AvgIpc) is 2.58. The first-order valence-corrected chi connectivity index (χ1v) is 7.46. The summed E-state index contributed by atoms with van der Waals surface area (Å²) in [6.45, 7) is 3.93. The highest BCUT2D eigenvalue weighted by atomic mass is 16.5. The zero-order valence-corrected chi connectivity index (χ0v) is 13.5. The molecular formula is C17H16N4O4. The zero-order chi connectivity index (χ0) is 18.0. The summed E-state index contributed by atoms with van der Waals surface area (Å²) in [5.74, 6) is 0.518. The molecule has 128 valence electrons. The van der Waals surface area contributed by atoms with Crippen LogP contribution in [-0.2, 0) is 4.79 Å². The maximum absolute atomic E-state index is 12.3. The molecule has 2 aromatic rings. The fourth-order valence-corrected chi connectivity index (χ4v) is 2.60. The molecule has 0 spiro atoms. The van der Waals surface area contributed by atoms with Crippen LogP contribution in [0, 0.1) is 0 Å². The van der Waals surface area contributed by atoms with Crippen molar-refractivity contribution in [2.45, 2.75) is 6.42 Å². The summed E-state index contributed by atoms with van der Waals surface area (Å²) in [4.78, 5) is 34.4. The molecule has 8 nitrogen and oxygen atoms in total. The van der Waals surface area contributed by atoms with Crippen molar-refractivity contribution in [2.24, 2.45) is 4.99 Å². The normalized spacial score (nSPS) is 13.0. The summed E-state index contributed by atoms with van der Waals surface area (Å²) in [6.07, 6.45) is 1.60. The number of nitrogens with two attached hydrogens (primary N) is 1. The number of aromatic amines is 1. The molecule has 0 atom stereocenters. The van der Waals surface area contributed by atoms with E-state index in [9.17, 15) is 9.59 Å². The largest absolute Gasteiger partial charge is 0.493 e. The number of nitrogens with zero attached hydrogens (tertiary/aromatic N) is 2. The molecule has 0 radical (unpaired) electrons. The van der Waals surface area contributed by atoms with Crippen LogP contribution in [0.15, 0.2) is 40.6 Å². The summed E-state index contributed by atoms with van der Waals surface area (Å²) < 4.78 is 10.9. The number of hydrogen-bond acceptors (Lipinski definition) is 6. The van der Waals surface area contributed by atoms with Crippen LogP contribution >= 0.6 is 0 Å². The number of benzene rings is 1. The van der Waals surface area contributed by atoms with Crippen molar-refractivity contribution in [2.75, 3.05) is 19.5 Å². The number of rotatable bonds is 5. The van der Waals surface area contributed by atoms with Gasteiger partial charge in [-0.2, -0.15) is 9.98 Å². The van der Waals surface area contributed by atoms with E-state index in [-0.39, 0.29) is 23.1 Å². The Balaban J connectivity index is 2.24. The van der Waals surface area contributed by atoms with Crippen LogP contribution in [0.5, 0.6) is 11.5 Å². The molecule has 8 heteroatoms. The lowest BCUT2D eigenvalue weighted by molar-refractivity contribution is -0.117. The number of methoxy groups -OCH3 is 1. The molecule has 0 bridgehead atoms. The molecule has 1 amide bonds. The molecular weight excluding hydrogens is 324 g/mol. The van der Waals surface area contributed by atoms with Gasteiger partial charge in [-0.05, 0) is 23.3 Å². The second kappa shape index (κ2) is 6.60. The fraction of sp³-hybridized carbons (Fsp3) is 0.176. The third-order valence-corrected chi connectivity index (χ3v) is 3.65. The summed E-state index contributed by atoms with van der Waals surface area (Å²) in [6, 6.07) is 5.15. The fourth-order valence-electron chi connectivity index (χ4n) is 2.60. The highest BCUT2D eigenvalue weighted by molar-refractivity contribution is 5.90. The second-order valence-electron chi connectivity index (χ2n) is 5.28.